The SMILES string of the molecule is C[C@@H]1CCCC[C@]12NC(=O)N(Cc1ccc(-c3ccccc3)cc1)C2=O. The predicted octanol–water partition coefficient (Wildman–Crippen LogP) is 4.35. The van der Waals surface area contributed by atoms with Crippen molar-refractivity contribution in [1.82, 2.24) is 10.2 Å². The molecule has 2 aliphatic rings. The van der Waals surface area contributed by atoms with E-state index >= 15 is 0 Å². The zero-order valence-electron chi connectivity index (χ0n) is 15.1. The lowest BCUT2D eigenvalue weighted by atomic mass is 9.73. The summed E-state index contributed by atoms with van der Waals surface area (Å²) in [5.41, 5.74) is 2.57. The summed E-state index contributed by atoms with van der Waals surface area (Å²) in [6.07, 6.45) is 3.87. The van der Waals surface area contributed by atoms with E-state index in [1.807, 2.05) is 42.5 Å². The molecule has 1 saturated heterocycles. The zero-order chi connectivity index (χ0) is 18.1. The van der Waals surface area contributed by atoms with Crippen molar-refractivity contribution in [3.63, 3.8) is 0 Å². The number of amides is 3. The molecule has 0 bridgehead atoms. The topological polar surface area (TPSA) is 49.4 Å². The molecule has 1 N–H and O–H groups in total. The van der Waals surface area contributed by atoms with Gasteiger partial charge in [-0.25, -0.2) is 4.79 Å². The number of imide groups is 1. The summed E-state index contributed by atoms with van der Waals surface area (Å²) in [5, 5.41) is 3.01. The number of hydrogen-bond donors (Lipinski definition) is 1. The van der Waals surface area contributed by atoms with Gasteiger partial charge in [-0.15, -0.1) is 0 Å². The van der Waals surface area contributed by atoms with Gasteiger partial charge < -0.3 is 5.32 Å². The van der Waals surface area contributed by atoms with Gasteiger partial charge in [-0.1, -0.05) is 74.4 Å². The van der Waals surface area contributed by atoms with Crippen molar-refractivity contribution in [2.24, 2.45) is 5.92 Å². The third-order valence-corrected chi connectivity index (χ3v) is 5.90. The second kappa shape index (κ2) is 6.60. The van der Waals surface area contributed by atoms with Gasteiger partial charge in [0.25, 0.3) is 5.91 Å². The maximum Gasteiger partial charge on any atom is 0.325 e. The highest BCUT2D eigenvalue weighted by Crippen LogP contribution is 2.38. The first-order valence-electron chi connectivity index (χ1n) is 9.39. The Labute approximate surface area is 154 Å². The van der Waals surface area contributed by atoms with E-state index < -0.39 is 5.54 Å². The first kappa shape index (κ1) is 16.8. The summed E-state index contributed by atoms with van der Waals surface area (Å²) in [4.78, 5) is 26.9. The van der Waals surface area contributed by atoms with Crippen molar-refractivity contribution in [2.45, 2.75) is 44.7 Å². The minimum Gasteiger partial charge on any atom is -0.323 e. The molecule has 2 aromatic rings. The minimum absolute atomic E-state index is 0.0539. The van der Waals surface area contributed by atoms with Crippen molar-refractivity contribution in [2.75, 3.05) is 0 Å². The van der Waals surface area contributed by atoms with Crippen molar-refractivity contribution in [1.29, 1.82) is 0 Å². The van der Waals surface area contributed by atoms with Gasteiger partial charge in [0.2, 0.25) is 0 Å². The van der Waals surface area contributed by atoms with E-state index in [1.165, 1.54) is 4.90 Å². The molecule has 2 fully saturated rings. The lowest BCUT2D eigenvalue weighted by molar-refractivity contribution is -0.134. The number of hydrogen-bond acceptors (Lipinski definition) is 2. The van der Waals surface area contributed by atoms with Crippen LogP contribution in [0.4, 0.5) is 4.79 Å². The predicted molar refractivity (Wildman–Crippen MR) is 101 cm³/mol. The molecule has 4 rings (SSSR count). The molecule has 1 saturated carbocycles. The van der Waals surface area contributed by atoms with Crippen LogP contribution in [0, 0.1) is 5.92 Å². The van der Waals surface area contributed by atoms with Crippen LogP contribution in [0.25, 0.3) is 11.1 Å². The van der Waals surface area contributed by atoms with Gasteiger partial charge >= 0.3 is 6.03 Å². The van der Waals surface area contributed by atoms with Crippen LogP contribution in [-0.4, -0.2) is 22.4 Å². The van der Waals surface area contributed by atoms with Crippen LogP contribution in [0.15, 0.2) is 54.6 Å². The molecule has 1 aliphatic heterocycles. The maximum absolute atomic E-state index is 13.0. The molecule has 4 nitrogen and oxygen atoms in total. The number of urea groups is 1. The Morgan fingerprint density at radius 2 is 1.69 bits per heavy atom. The highest BCUT2D eigenvalue weighted by molar-refractivity contribution is 6.07. The molecular formula is C22H24N2O2. The van der Waals surface area contributed by atoms with Crippen LogP contribution < -0.4 is 5.32 Å². The number of carbonyl (C=O) groups excluding carboxylic acids is 2. The lowest BCUT2D eigenvalue weighted by Crippen LogP contribution is -2.53. The minimum atomic E-state index is -0.681. The Bertz CT molecular complexity index is 816. The van der Waals surface area contributed by atoms with E-state index in [9.17, 15) is 9.59 Å². The Balaban J connectivity index is 1.52. The summed E-state index contributed by atoms with van der Waals surface area (Å²) >= 11 is 0. The van der Waals surface area contributed by atoms with Crippen LogP contribution in [0.1, 0.15) is 38.2 Å². The van der Waals surface area contributed by atoms with Gasteiger partial charge in [-0.3, -0.25) is 9.69 Å². The number of nitrogens with one attached hydrogen (secondary N) is 1. The molecule has 0 aromatic heterocycles. The van der Waals surface area contributed by atoms with Gasteiger partial charge in [0.1, 0.15) is 5.54 Å². The van der Waals surface area contributed by atoms with E-state index in [1.54, 1.807) is 0 Å². The van der Waals surface area contributed by atoms with Crippen LogP contribution >= 0.6 is 0 Å². The van der Waals surface area contributed by atoms with E-state index in [-0.39, 0.29) is 17.9 Å². The third kappa shape index (κ3) is 2.79. The number of benzene rings is 2. The first-order valence-corrected chi connectivity index (χ1v) is 9.39. The Kier molecular flexibility index (Phi) is 4.27. The summed E-state index contributed by atoms with van der Waals surface area (Å²) < 4.78 is 0. The van der Waals surface area contributed by atoms with Crippen molar-refractivity contribution >= 4 is 11.9 Å². The average molecular weight is 348 g/mol. The van der Waals surface area contributed by atoms with Crippen molar-refractivity contribution in [3.05, 3.63) is 60.2 Å². The lowest BCUT2D eigenvalue weighted by Gasteiger charge is -2.36. The second-order valence-corrected chi connectivity index (χ2v) is 7.50. The highest BCUT2D eigenvalue weighted by atomic mass is 16.2. The quantitative estimate of drug-likeness (QED) is 0.838. The van der Waals surface area contributed by atoms with Gasteiger partial charge in [0, 0.05) is 0 Å². The molecule has 0 radical (unpaired) electrons. The summed E-state index contributed by atoms with van der Waals surface area (Å²) in [5.74, 6) is 0.139. The Morgan fingerprint density at radius 1 is 1.00 bits per heavy atom. The maximum atomic E-state index is 13.0. The summed E-state index contributed by atoms with van der Waals surface area (Å²) in [6, 6.07) is 18.0. The van der Waals surface area contributed by atoms with E-state index in [4.69, 9.17) is 0 Å². The van der Waals surface area contributed by atoms with Crippen LogP contribution in [0.3, 0.4) is 0 Å². The van der Waals surface area contributed by atoms with Gasteiger partial charge in [0.15, 0.2) is 0 Å². The molecule has 2 atom stereocenters. The second-order valence-electron chi connectivity index (χ2n) is 7.50. The zero-order valence-corrected chi connectivity index (χ0v) is 15.1. The van der Waals surface area contributed by atoms with Crippen LogP contribution in [-0.2, 0) is 11.3 Å². The first-order chi connectivity index (χ1) is 12.6. The fraction of sp³-hybridized carbons (Fsp3) is 0.364. The van der Waals surface area contributed by atoms with Gasteiger partial charge in [0.05, 0.1) is 6.54 Å². The largest absolute Gasteiger partial charge is 0.325 e. The summed E-state index contributed by atoms with van der Waals surface area (Å²) in [7, 11) is 0. The average Bonchev–Trinajstić information content (AvgIpc) is 2.90. The van der Waals surface area contributed by atoms with E-state index in [0.717, 1.165) is 42.4 Å². The normalized spacial score (nSPS) is 25.6. The number of nitrogens with zero attached hydrogens (tertiary/aromatic N) is 1. The Hall–Kier alpha value is -2.62. The van der Waals surface area contributed by atoms with E-state index in [2.05, 4.69) is 24.4 Å². The Morgan fingerprint density at radius 3 is 2.38 bits per heavy atom. The molecule has 3 amide bonds. The van der Waals surface area contributed by atoms with Crippen LogP contribution in [0.5, 0.6) is 0 Å². The molecule has 1 aliphatic carbocycles. The molecule has 1 heterocycles. The molecule has 0 unspecified atom stereocenters. The number of carbonyl (C=O) groups is 2. The van der Waals surface area contributed by atoms with Gasteiger partial charge in [-0.2, -0.15) is 0 Å². The molecule has 2 aromatic carbocycles. The van der Waals surface area contributed by atoms with Crippen molar-refractivity contribution in [3.8, 4) is 11.1 Å². The fourth-order valence-corrected chi connectivity index (χ4v) is 4.25. The monoisotopic (exact) mass is 348 g/mol. The van der Waals surface area contributed by atoms with Crippen LogP contribution in [0.2, 0.25) is 0 Å². The third-order valence-electron chi connectivity index (χ3n) is 5.90. The highest BCUT2D eigenvalue weighted by Gasteiger charge is 2.54. The van der Waals surface area contributed by atoms with Gasteiger partial charge in [-0.05, 0) is 35.4 Å². The smallest absolute Gasteiger partial charge is 0.323 e. The molecule has 4 heteroatoms. The summed E-state index contributed by atoms with van der Waals surface area (Å²) in [6.45, 7) is 2.41. The molecule has 134 valence electrons. The number of rotatable bonds is 3. The van der Waals surface area contributed by atoms with E-state index in [0.29, 0.717) is 6.54 Å². The van der Waals surface area contributed by atoms with Crippen molar-refractivity contribution < 1.29 is 9.59 Å². The molecule has 1 spiro atoms. The molecule has 26 heavy (non-hydrogen) atoms. The fourth-order valence-electron chi connectivity index (χ4n) is 4.25. The molecular weight excluding hydrogens is 324 g/mol. The standard InChI is InChI=1S/C22H24N2O2/c1-16-7-5-6-14-22(16)20(25)24(21(26)23-22)15-17-10-12-19(13-11-17)18-8-3-2-4-9-18/h2-4,8-13,16H,5-7,14-15H2,1H3,(H,23,26)/t16-,22+/m1/s1.